The SMILES string of the molecule is OC(C1CCC2C(CCCC2C(O)(C(F)(F)F)C(F)(F)F)C1)(C(F)(F)F)C(F)(F)F. The lowest BCUT2D eigenvalue weighted by atomic mass is 9.56. The molecular weight excluding hydrogens is 452 g/mol. The van der Waals surface area contributed by atoms with Crippen molar-refractivity contribution >= 4 is 0 Å². The first kappa shape index (κ1) is 25.3. The van der Waals surface area contributed by atoms with Crippen LogP contribution >= 0.6 is 0 Å². The Morgan fingerprint density at radius 1 is 0.533 bits per heavy atom. The summed E-state index contributed by atoms with van der Waals surface area (Å²) in [5.41, 5.74) is -10.3. The largest absolute Gasteiger partial charge is 0.426 e. The maximum Gasteiger partial charge on any atom is 0.426 e. The number of alkyl halides is 12. The first-order valence-corrected chi connectivity index (χ1v) is 8.91. The average Bonchev–Trinajstić information content (AvgIpc) is 2.55. The first-order chi connectivity index (χ1) is 13.2. The van der Waals surface area contributed by atoms with Gasteiger partial charge >= 0.3 is 24.7 Å². The lowest BCUT2D eigenvalue weighted by Crippen LogP contribution is -2.66. The van der Waals surface area contributed by atoms with E-state index in [1.54, 1.807) is 0 Å². The standard InChI is InChI=1S/C16H18F12O2/c17-13(18,19)11(29,14(20,21)22)8-4-5-9-7(6-8)2-1-3-10(9)12(30,15(23,24)25)16(26,27)28/h7-10,29-30H,1-6H2. The summed E-state index contributed by atoms with van der Waals surface area (Å²) >= 11 is 0. The molecule has 0 aromatic rings. The molecule has 0 amide bonds. The fraction of sp³-hybridized carbons (Fsp3) is 1.00. The molecular formula is C16H18F12O2. The first-order valence-electron chi connectivity index (χ1n) is 8.91. The smallest absolute Gasteiger partial charge is 0.373 e. The number of fused-ring (bicyclic) bond motifs is 1. The van der Waals surface area contributed by atoms with E-state index in [9.17, 15) is 62.9 Å². The topological polar surface area (TPSA) is 40.5 Å². The summed E-state index contributed by atoms with van der Waals surface area (Å²) < 4.78 is 158. The molecule has 4 atom stereocenters. The Morgan fingerprint density at radius 2 is 0.967 bits per heavy atom. The molecule has 0 aromatic heterocycles. The van der Waals surface area contributed by atoms with Gasteiger partial charge in [0, 0.05) is 11.8 Å². The minimum atomic E-state index is -6.15. The zero-order chi connectivity index (χ0) is 23.6. The number of hydrogen-bond donors (Lipinski definition) is 2. The monoisotopic (exact) mass is 470 g/mol. The normalized spacial score (nSPS) is 30.2. The van der Waals surface area contributed by atoms with E-state index in [-0.39, 0.29) is 12.8 Å². The van der Waals surface area contributed by atoms with E-state index < -0.39 is 85.3 Å². The summed E-state index contributed by atoms with van der Waals surface area (Å²) in [4.78, 5) is 0. The second-order valence-electron chi connectivity index (χ2n) is 8.00. The highest BCUT2D eigenvalue weighted by Crippen LogP contribution is 2.60. The Bertz CT molecular complexity index is 590. The lowest BCUT2D eigenvalue weighted by Gasteiger charge is -2.52. The van der Waals surface area contributed by atoms with Crippen molar-refractivity contribution in [2.45, 2.75) is 74.4 Å². The summed E-state index contributed by atoms with van der Waals surface area (Å²) in [7, 11) is 0. The predicted octanol–water partition coefficient (Wildman–Crippen LogP) is 5.53. The molecule has 30 heavy (non-hydrogen) atoms. The molecule has 2 nitrogen and oxygen atoms in total. The molecule has 0 radical (unpaired) electrons. The Balaban J connectivity index is 2.40. The quantitative estimate of drug-likeness (QED) is 0.522. The highest BCUT2D eigenvalue weighted by molar-refractivity contribution is 5.08. The predicted molar refractivity (Wildman–Crippen MR) is 75.8 cm³/mol. The van der Waals surface area contributed by atoms with Gasteiger partial charge in [-0.3, -0.25) is 0 Å². The molecule has 2 fully saturated rings. The van der Waals surface area contributed by atoms with Crippen LogP contribution in [0.15, 0.2) is 0 Å². The van der Waals surface area contributed by atoms with E-state index in [1.807, 2.05) is 0 Å². The molecule has 2 aliphatic carbocycles. The lowest BCUT2D eigenvalue weighted by molar-refractivity contribution is -0.398. The van der Waals surface area contributed by atoms with Crippen molar-refractivity contribution in [2.75, 3.05) is 0 Å². The summed E-state index contributed by atoms with van der Waals surface area (Å²) in [5, 5.41) is 19.2. The minimum absolute atomic E-state index is 0.213. The number of hydrogen-bond acceptors (Lipinski definition) is 2. The van der Waals surface area contributed by atoms with Gasteiger partial charge in [-0.2, -0.15) is 52.7 Å². The molecule has 2 rings (SSSR count). The van der Waals surface area contributed by atoms with E-state index in [4.69, 9.17) is 0 Å². The van der Waals surface area contributed by atoms with Crippen molar-refractivity contribution in [1.29, 1.82) is 0 Å². The van der Waals surface area contributed by atoms with Crippen molar-refractivity contribution in [3.05, 3.63) is 0 Å². The van der Waals surface area contributed by atoms with Crippen LogP contribution in [-0.4, -0.2) is 46.1 Å². The fourth-order valence-corrected chi connectivity index (χ4v) is 5.07. The Hall–Kier alpha value is -0.920. The van der Waals surface area contributed by atoms with Crippen molar-refractivity contribution in [1.82, 2.24) is 0 Å². The van der Waals surface area contributed by atoms with Crippen LogP contribution in [0.5, 0.6) is 0 Å². The summed E-state index contributed by atoms with van der Waals surface area (Å²) in [6.07, 6.45) is -28.9. The van der Waals surface area contributed by atoms with Crippen LogP contribution in [0.1, 0.15) is 38.5 Å². The fourth-order valence-electron chi connectivity index (χ4n) is 5.07. The number of rotatable bonds is 2. The van der Waals surface area contributed by atoms with E-state index in [0.29, 0.717) is 0 Å². The maximum absolute atomic E-state index is 13.2. The van der Waals surface area contributed by atoms with Crippen LogP contribution in [0.25, 0.3) is 0 Å². The molecule has 0 spiro atoms. The third kappa shape index (κ3) is 3.75. The molecule has 14 heteroatoms. The van der Waals surface area contributed by atoms with Crippen LogP contribution in [0.2, 0.25) is 0 Å². The Morgan fingerprint density at radius 3 is 1.37 bits per heavy atom. The van der Waals surface area contributed by atoms with E-state index in [1.165, 1.54) is 0 Å². The van der Waals surface area contributed by atoms with Gasteiger partial charge in [-0.25, -0.2) is 0 Å². The molecule has 0 aliphatic heterocycles. The van der Waals surface area contributed by atoms with Crippen molar-refractivity contribution in [3.63, 3.8) is 0 Å². The van der Waals surface area contributed by atoms with Gasteiger partial charge < -0.3 is 10.2 Å². The summed E-state index contributed by atoms with van der Waals surface area (Å²) in [6, 6.07) is 0. The van der Waals surface area contributed by atoms with Crippen molar-refractivity contribution < 1.29 is 62.9 Å². The highest BCUT2D eigenvalue weighted by Gasteiger charge is 2.77. The molecule has 2 N–H and O–H groups in total. The van der Waals surface area contributed by atoms with Gasteiger partial charge in [-0.15, -0.1) is 0 Å². The molecule has 0 aromatic carbocycles. The zero-order valence-electron chi connectivity index (χ0n) is 15.0. The van der Waals surface area contributed by atoms with Gasteiger partial charge in [0.1, 0.15) is 0 Å². The van der Waals surface area contributed by atoms with E-state index in [0.717, 1.165) is 0 Å². The maximum atomic E-state index is 13.2. The second kappa shape index (κ2) is 7.31. The van der Waals surface area contributed by atoms with Gasteiger partial charge in [-0.1, -0.05) is 12.8 Å². The average molecular weight is 470 g/mol. The van der Waals surface area contributed by atoms with Crippen LogP contribution in [0.3, 0.4) is 0 Å². The molecule has 2 saturated carbocycles. The van der Waals surface area contributed by atoms with Crippen molar-refractivity contribution in [2.24, 2.45) is 23.7 Å². The van der Waals surface area contributed by atoms with Crippen LogP contribution in [0, 0.1) is 23.7 Å². The van der Waals surface area contributed by atoms with Crippen LogP contribution in [-0.2, 0) is 0 Å². The third-order valence-electron chi connectivity index (χ3n) is 6.50. The summed E-state index contributed by atoms with van der Waals surface area (Å²) in [5.74, 6) is -7.94. The van der Waals surface area contributed by atoms with Crippen LogP contribution in [0.4, 0.5) is 52.7 Å². The van der Waals surface area contributed by atoms with Gasteiger partial charge in [0.15, 0.2) is 0 Å². The Kier molecular flexibility index (Phi) is 6.17. The molecule has 0 saturated heterocycles. The second-order valence-corrected chi connectivity index (χ2v) is 8.00. The van der Waals surface area contributed by atoms with Gasteiger partial charge in [-0.05, 0) is 37.5 Å². The van der Waals surface area contributed by atoms with Gasteiger partial charge in [0.2, 0.25) is 0 Å². The Labute approximate surface area is 162 Å². The molecule has 4 unspecified atom stereocenters. The van der Waals surface area contributed by atoms with Gasteiger partial charge in [0.25, 0.3) is 11.2 Å². The zero-order valence-corrected chi connectivity index (χ0v) is 15.0. The number of halogens is 12. The number of aliphatic hydroxyl groups is 2. The molecule has 178 valence electrons. The van der Waals surface area contributed by atoms with Crippen LogP contribution < -0.4 is 0 Å². The van der Waals surface area contributed by atoms with E-state index in [2.05, 4.69) is 0 Å². The minimum Gasteiger partial charge on any atom is -0.373 e. The third-order valence-corrected chi connectivity index (χ3v) is 6.50. The molecule has 0 bridgehead atoms. The molecule has 0 heterocycles. The highest BCUT2D eigenvalue weighted by atomic mass is 19.4. The van der Waals surface area contributed by atoms with Gasteiger partial charge in [0.05, 0.1) is 0 Å². The van der Waals surface area contributed by atoms with Crippen molar-refractivity contribution in [3.8, 4) is 0 Å². The molecule has 2 aliphatic rings. The van der Waals surface area contributed by atoms with E-state index >= 15 is 0 Å². The summed E-state index contributed by atoms with van der Waals surface area (Å²) in [6.45, 7) is 0.